The Morgan fingerprint density at radius 2 is 1.65 bits per heavy atom. The summed E-state index contributed by atoms with van der Waals surface area (Å²) >= 11 is 0. The smallest absolute Gasteiger partial charge is 0.408 e. The van der Waals surface area contributed by atoms with Crippen molar-refractivity contribution in [2.75, 3.05) is 26.7 Å². The lowest BCUT2D eigenvalue weighted by Crippen LogP contribution is -2.42. The van der Waals surface area contributed by atoms with Crippen molar-refractivity contribution in [2.24, 2.45) is 34.8 Å². The highest BCUT2D eigenvalue weighted by Crippen LogP contribution is 2.61. The summed E-state index contributed by atoms with van der Waals surface area (Å²) in [5.74, 6) is 1.98. The van der Waals surface area contributed by atoms with Gasteiger partial charge in [0.05, 0.1) is 6.04 Å². The maximum Gasteiger partial charge on any atom is 0.408 e. The Morgan fingerprint density at radius 3 is 2.05 bits per heavy atom. The molecule has 1 spiro atoms. The van der Waals surface area contributed by atoms with Gasteiger partial charge in [-0.2, -0.15) is 0 Å². The predicted octanol–water partition coefficient (Wildman–Crippen LogP) is 2.22. The van der Waals surface area contributed by atoms with E-state index in [1.807, 2.05) is 4.90 Å². The highest BCUT2D eigenvalue weighted by atomic mass is 16.6. The minimum atomic E-state index is -0.537. The van der Waals surface area contributed by atoms with Gasteiger partial charge in [0.25, 0.3) is 0 Å². The fraction of sp³-hybridized carbons (Fsp3) is 0.828. The van der Waals surface area contributed by atoms with Crippen LogP contribution in [0.1, 0.15) is 81.1 Å². The number of ether oxygens (including phenoxy) is 1. The fourth-order valence-electron chi connectivity index (χ4n) is 5.12. The van der Waals surface area contributed by atoms with Crippen LogP contribution in [0.5, 0.6) is 0 Å². The van der Waals surface area contributed by atoms with E-state index < -0.39 is 17.7 Å². The van der Waals surface area contributed by atoms with Crippen molar-refractivity contribution in [2.45, 2.75) is 98.3 Å². The van der Waals surface area contributed by atoms with E-state index in [0.29, 0.717) is 36.4 Å². The van der Waals surface area contributed by atoms with Crippen LogP contribution in [0.2, 0.25) is 0 Å². The third-order valence-corrected chi connectivity index (χ3v) is 7.49. The second-order valence-corrected chi connectivity index (χ2v) is 13.4. The summed E-state index contributed by atoms with van der Waals surface area (Å²) in [5.41, 5.74) is 4.40. The average molecular weight is 568 g/mol. The van der Waals surface area contributed by atoms with Gasteiger partial charge in [-0.25, -0.2) is 4.79 Å². The number of nitrogens with two attached hydrogens (primary N) is 1. The third-order valence-electron chi connectivity index (χ3n) is 7.49. The Morgan fingerprint density at radius 1 is 1.12 bits per heavy atom. The van der Waals surface area contributed by atoms with Crippen LogP contribution in [0.4, 0.5) is 4.79 Å². The second-order valence-electron chi connectivity index (χ2n) is 13.4. The van der Waals surface area contributed by atoms with Gasteiger partial charge in [-0.1, -0.05) is 34.6 Å². The summed E-state index contributed by atoms with van der Waals surface area (Å²) in [6.45, 7) is 18.1. The molecule has 4 atom stereocenters. The molecule has 2 heterocycles. The summed E-state index contributed by atoms with van der Waals surface area (Å²) in [7, 11) is 1.50. The van der Waals surface area contributed by atoms with E-state index in [0.717, 1.165) is 38.3 Å². The lowest BCUT2D eigenvalue weighted by molar-refractivity contribution is -0.130. The van der Waals surface area contributed by atoms with Gasteiger partial charge in [0.2, 0.25) is 18.2 Å². The van der Waals surface area contributed by atoms with Crippen LogP contribution >= 0.6 is 0 Å². The van der Waals surface area contributed by atoms with Crippen LogP contribution < -0.4 is 21.7 Å². The molecule has 4 aliphatic rings. The Labute approximate surface area is 240 Å². The quantitative estimate of drug-likeness (QED) is 0.343. The van der Waals surface area contributed by atoms with Crippen LogP contribution in [0.15, 0.2) is 0 Å². The molecular formula is C29H53N5O6. The molecule has 11 nitrogen and oxygen atoms in total. The molecule has 5 N–H and O–H groups in total. The largest absolute Gasteiger partial charge is 0.444 e. The van der Waals surface area contributed by atoms with Gasteiger partial charge in [-0.05, 0) is 76.7 Å². The number of amides is 4. The van der Waals surface area contributed by atoms with Crippen LogP contribution in [-0.4, -0.2) is 79.4 Å². The molecule has 0 bridgehead atoms. The van der Waals surface area contributed by atoms with E-state index in [1.54, 1.807) is 20.8 Å². The zero-order valence-electron chi connectivity index (χ0n) is 26.0. The summed E-state index contributed by atoms with van der Waals surface area (Å²) in [6, 6.07) is -0.535. The summed E-state index contributed by atoms with van der Waals surface area (Å²) in [5, 5.41) is 7.87. The molecule has 0 aromatic heterocycles. The van der Waals surface area contributed by atoms with Crippen molar-refractivity contribution in [3.8, 4) is 0 Å². The van der Waals surface area contributed by atoms with Crippen molar-refractivity contribution in [1.29, 1.82) is 0 Å². The number of carbonyl (C=O) groups excluding carboxylic acids is 5. The van der Waals surface area contributed by atoms with E-state index in [-0.39, 0.29) is 29.8 Å². The highest BCUT2D eigenvalue weighted by Gasteiger charge is 2.62. The van der Waals surface area contributed by atoms with Gasteiger partial charge in [0.15, 0.2) is 0 Å². The van der Waals surface area contributed by atoms with Crippen molar-refractivity contribution in [1.82, 2.24) is 20.9 Å². The highest BCUT2D eigenvalue weighted by molar-refractivity contribution is 5.84. The first kappa shape index (κ1) is 35.3. The first-order chi connectivity index (χ1) is 18.5. The molecular weight excluding hydrogens is 514 g/mol. The molecule has 2 aliphatic heterocycles. The second kappa shape index (κ2) is 14.8. The van der Waals surface area contributed by atoms with Crippen molar-refractivity contribution >= 4 is 30.6 Å². The number of hydrogen-bond donors (Lipinski definition) is 4. The molecule has 11 heteroatoms. The molecule has 0 aromatic rings. The number of nitrogens with zero attached hydrogens (tertiary/aromatic N) is 1. The molecule has 2 saturated heterocycles. The number of alkyl carbamates (subject to hydrolysis) is 1. The van der Waals surface area contributed by atoms with Gasteiger partial charge in [-0.3, -0.25) is 14.4 Å². The van der Waals surface area contributed by atoms with Gasteiger partial charge in [0.1, 0.15) is 18.4 Å². The minimum absolute atomic E-state index is 0.0196. The van der Waals surface area contributed by atoms with Gasteiger partial charge >= 0.3 is 6.09 Å². The summed E-state index contributed by atoms with van der Waals surface area (Å²) < 4.78 is 5.09. The van der Waals surface area contributed by atoms with Crippen molar-refractivity contribution in [3.63, 3.8) is 0 Å². The number of rotatable bonds is 7. The zero-order valence-corrected chi connectivity index (χ0v) is 26.0. The molecule has 4 amide bonds. The van der Waals surface area contributed by atoms with Crippen LogP contribution in [-0.2, 0) is 23.9 Å². The molecule has 230 valence electrons. The molecule has 0 radical (unpaired) electrons. The number of fused-ring (bicyclic) bond motifs is 1. The van der Waals surface area contributed by atoms with E-state index in [2.05, 4.69) is 56.3 Å². The van der Waals surface area contributed by atoms with E-state index >= 15 is 0 Å². The lowest BCUT2D eigenvalue weighted by Gasteiger charge is -2.23. The van der Waals surface area contributed by atoms with E-state index in [9.17, 15) is 24.0 Å². The Bertz CT molecular complexity index is 864. The van der Waals surface area contributed by atoms with Gasteiger partial charge < -0.3 is 36.1 Å². The first-order valence-electron chi connectivity index (χ1n) is 14.3. The molecule has 0 aromatic carbocycles. The normalized spacial score (nSPS) is 24.8. The van der Waals surface area contributed by atoms with E-state index in [4.69, 9.17) is 4.74 Å². The fourth-order valence-corrected chi connectivity index (χ4v) is 5.12. The summed E-state index contributed by atoms with van der Waals surface area (Å²) in [6.07, 6.45) is 3.94. The van der Waals surface area contributed by atoms with Gasteiger partial charge in [0, 0.05) is 24.5 Å². The monoisotopic (exact) mass is 567 g/mol. The van der Waals surface area contributed by atoms with Gasteiger partial charge in [-0.15, -0.1) is 0 Å². The summed E-state index contributed by atoms with van der Waals surface area (Å²) in [4.78, 5) is 57.6. The molecule has 2 saturated carbocycles. The topological polar surface area (TPSA) is 160 Å². The minimum Gasteiger partial charge on any atom is -0.444 e. The molecule has 4 unspecified atom stereocenters. The average Bonchev–Trinajstić information content (AvgIpc) is 3.53. The number of hydrogen-bond acceptors (Lipinski definition) is 7. The van der Waals surface area contributed by atoms with Crippen LogP contribution in [0, 0.1) is 29.1 Å². The molecule has 4 fully saturated rings. The third kappa shape index (κ3) is 11.1. The number of aldehydes is 1. The Hall–Kier alpha value is -2.69. The number of piperidine rings is 1. The predicted molar refractivity (Wildman–Crippen MR) is 154 cm³/mol. The van der Waals surface area contributed by atoms with Crippen LogP contribution in [0.3, 0.4) is 0 Å². The van der Waals surface area contributed by atoms with Crippen molar-refractivity contribution < 1.29 is 28.7 Å². The molecule has 2 aliphatic carbocycles. The van der Waals surface area contributed by atoms with Crippen molar-refractivity contribution in [3.05, 3.63) is 0 Å². The maximum absolute atomic E-state index is 11.9. The number of nitrogens with one attached hydrogen (secondary N) is 3. The lowest BCUT2D eigenvalue weighted by atomic mass is 9.96. The number of likely N-dealkylation sites (tertiary alicyclic amines) is 1. The molecule has 40 heavy (non-hydrogen) atoms. The Balaban J connectivity index is 0.000000340. The standard InChI is InChI=1S/C14H24N2O3.C10H14N2O3.C4H10.CH5N/c1-13(2,3)19-12(18)15-6-11(17)16-7-9-10(8-16)14(9,4)5;13-5-8(11-6-14)3-7-4-10(1-2-10)12-9(7)15;1-4(2)3;1-2/h9-10H,6-8H2,1-5H3,(H,15,18);5-8H,1-4H2,(H,11,14)(H,12,15);4H,1-3H3;2H2,1H3. The first-order valence-corrected chi connectivity index (χ1v) is 14.3. The maximum atomic E-state index is 11.9. The molecule has 4 rings (SSSR count). The SMILES string of the molecule is CC(C)(C)OC(=O)NCC(=O)N1CC2C(C1)C2(C)C.CC(C)C.CN.O=CNC(C=O)CC1CC2(CC2)NC1=O. The Kier molecular flexibility index (Phi) is 13.1. The number of carbonyl (C=O) groups is 5. The van der Waals surface area contributed by atoms with Crippen LogP contribution in [0.25, 0.3) is 0 Å². The zero-order chi connectivity index (χ0) is 30.9. The van der Waals surface area contributed by atoms with E-state index in [1.165, 1.54) is 7.05 Å².